The number of rotatable bonds is 12. The molecule has 0 aliphatic carbocycles. The summed E-state index contributed by atoms with van der Waals surface area (Å²) in [4.78, 5) is 35.3. The minimum absolute atomic E-state index is 0.193. The molecule has 3 amide bonds. The van der Waals surface area contributed by atoms with E-state index in [0.717, 1.165) is 22.2 Å². The molecule has 1 unspecified atom stereocenters. The fraction of sp³-hybridized carbons (Fsp3) is 0.214. The average molecular weight is 739 g/mol. The van der Waals surface area contributed by atoms with Crippen LogP contribution in [0, 0.1) is 12.3 Å². The second-order valence-electron chi connectivity index (χ2n) is 13.7. The molecule has 6 aromatic rings. The zero-order valence-corrected chi connectivity index (χ0v) is 31.4. The van der Waals surface area contributed by atoms with E-state index in [9.17, 15) is 9.59 Å². The molecule has 1 atom stereocenters. The smallest absolute Gasteiger partial charge is 0.324 e. The Bertz CT molecular complexity index is 2380. The van der Waals surface area contributed by atoms with Gasteiger partial charge >= 0.3 is 6.03 Å². The summed E-state index contributed by atoms with van der Waals surface area (Å²) in [5.74, 6) is 4.52. The second kappa shape index (κ2) is 16.4. The lowest BCUT2D eigenvalue weighted by Gasteiger charge is -2.15. The van der Waals surface area contributed by atoms with Crippen LogP contribution in [0.5, 0.6) is 17.4 Å². The summed E-state index contributed by atoms with van der Waals surface area (Å²) in [5.41, 5.74) is 3.31. The van der Waals surface area contributed by atoms with Gasteiger partial charge in [-0.25, -0.2) is 14.5 Å². The van der Waals surface area contributed by atoms with E-state index >= 15 is 0 Å². The molecular weight excluding hydrogens is 697 g/mol. The van der Waals surface area contributed by atoms with Crippen molar-refractivity contribution in [2.24, 2.45) is 0 Å². The van der Waals surface area contributed by atoms with Gasteiger partial charge in [0, 0.05) is 64.5 Å². The van der Waals surface area contributed by atoms with E-state index in [2.05, 4.69) is 57.9 Å². The number of methoxy groups -OCH3 is 2. The number of benzene rings is 4. The highest BCUT2D eigenvalue weighted by atomic mass is 16.5. The lowest BCUT2D eigenvalue weighted by atomic mass is 9.92. The quantitative estimate of drug-likeness (QED) is 0.0914. The fourth-order valence-corrected chi connectivity index (χ4v) is 5.71. The number of urea groups is 1. The molecule has 0 bridgehead atoms. The van der Waals surface area contributed by atoms with E-state index in [1.54, 1.807) is 61.5 Å². The van der Waals surface area contributed by atoms with Gasteiger partial charge in [0.2, 0.25) is 11.8 Å². The number of terminal acetylenes is 1. The molecule has 55 heavy (non-hydrogen) atoms. The van der Waals surface area contributed by atoms with Crippen LogP contribution in [0.3, 0.4) is 0 Å². The van der Waals surface area contributed by atoms with Crippen LogP contribution in [0.15, 0.2) is 97.2 Å². The normalized spacial score (nSPS) is 11.7. The van der Waals surface area contributed by atoms with Gasteiger partial charge in [-0.15, -0.1) is 6.42 Å². The molecule has 13 nitrogen and oxygen atoms in total. The summed E-state index contributed by atoms with van der Waals surface area (Å²) >= 11 is 0. The van der Waals surface area contributed by atoms with Crippen LogP contribution in [-0.4, -0.2) is 58.6 Å². The Morgan fingerprint density at radius 3 is 2.40 bits per heavy atom. The minimum atomic E-state index is -0.445. The second-order valence-corrected chi connectivity index (χ2v) is 13.7. The first-order valence-electron chi connectivity index (χ1n) is 17.5. The zero-order valence-electron chi connectivity index (χ0n) is 31.4. The van der Waals surface area contributed by atoms with Crippen LogP contribution >= 0.6 is 0 Å². The van der Waals surface area contributed by atoms with E-state index in [-0.39, 0.29) is 29.2 Å². The molecule has 0 spiro atoms. The number of nitrogens with one attached hydrogen (secondary N) is 4. The number of fused-ring (bicyclic) bond motifs is 1. The van der Waals surface area contributed by atoms with Crippen molar-refractivity contribution in [1.29, 1.82) is 0 Å². The fourth-order valence-electron chi connectivity index (χ4n) is 5.71. The van der Waals surface area contributed by atoms with Crippen LogP contribution in [0.2, 0.25) is 0 Å². The molecule has 4 aromatic carbocycles. The van der Waals surface area contributed by atoms with Gasteiger partial charge in [-0.1, -0.05) is 51.0 Å². The van der Waals surface area contributed by atoms with Crippen molar-refractivity contribution in [1.82, 2.24) is 25.1 Å². The van der Waals surface area contributed by atoms with Gasteiger partial charge < -0.3 is 30.2 Å². The largest absolute Gasteiger partial charge is 0.497 e. The summed E-state index contributed by atoms with van der Waals surface area (Å²) in [6.07, 6.45) is 7.25. The van der Waals surface area contributed by atoms with Crippen molar-refractivity contribution in [2.75, 3.05) is 36.8 Å². The SMILES string of the molecule is C#Cc1cc(Nc2nccc(Oc3ccc(NC(=O)Nc4cc(C(C)(C)C)nn4-c4ccc(OC)cc4)c4ccccc34)n2)cc(C(=O)NC(C)COC)c1. The van der Waals surface area contributed by atoms with Crippen LogP contribution in [0.4, 0.5) is 27.9 Å². The molecule has 0 saturated heterocycles. The Labute approximate surface area is 319 Å². The van der Waals surface area contributed by atoms with Crippen LogP contribution in [0.1, 0.15) is 49.3 Å². The number of amides is 3. The van der Waals surface area contributed by atoms with Gasteiger partial charge in [-0.05, 0) is 61.5 Å². The molecule has 0 saturated carbocycles. The van der Waals surface area contributed by atoms with Crippen molar-refractivity contribution in [3.8, 4) is 35.4 Å². The van der Waals surface area contributed by atoms with E-state index in [1.165, 1.54) is 0 Å². The van der Waals surface area contributed by atoms with Gasteiger partial charge in [0.05, 0.1) is 30.8 Å². The summed E-state index contributed by atoms with van der Waals surface area (Å²) in [5, 5.41) is 18.3. The zero-order chi connectivity index (χ0) is 39.1. The molecule has 280 valence electrons. The summed E-state index contributed by atoms with van der Waals surface area (Å²) in [7, 11) is 3.18. The maximum atomic E-state index is 13.5. The first-order valence-corrected chi connectivity index (χ1v) is 17.5. The highest BCUT2D eigenvalue weighted by Gasteiger charge is 2.22. The molecular formula is C42H42N8O5. The lowest BCUT2D eigenvalue weighted by Crippen LogP contribution is -2.35. The van der Waals surface area contributed by atoms with Crippen LogP contribution < -0.4 is 30.7 Å². The maximum Gasteiger partial charge on any atom is 0.324 e. The number of nitrogens with zero attached hydrogens (tertiary/aromatic N) is 4. The predicted octanol–water partition coefficient (Wildman–Crippen LogP) is 8.05. The number of hydrogen-bond acceptors (Lipinski definition) is 9. The number of anilines is 4. The molecule has 13 heteroatoms. The third-order valence-electron chi connectivity index (χ3n) is 8.43. The Morgan fingerprint density at radius 1 is 0.927 bits per heavy atom. The van der Waals surface area contributed by atoms with E-state index in [0.29, 0.717) is 46.4 Å². The van der Waals surface area contributed by atoms with Crippen molar-refractivity contribution >= 4 is 45.9 Å². The minimum Gasteiger partial charge on any atom is -0.497 e. The highest BCUT2D eigenvalue weighted by Crippen LogP contribution is 2.35. The summed E-state index contributed by atoms with van der Waals surface area (Å²) < 4.78 is 18.4. The number of aromatic nitrogens is 4. The Morgan fingerprint density at radius 2 is 1.69 bits per heavy atom. The highest BCUT2D eigenvalue weighted by molar-refractivity contribution is 6.07. The first kappa shape index (κ1) is 37.8. The molecule has 2 aromatic heterocycles. The van der Waals surface area contributed by atoms with E-state index < -0.39 is 6.03 Å². The van der Waals surface area contributed by atoms with Gasteiger partial charge in [-0.2, -0.15) is 10.1 Å². The third kappa shape index (κ3) is 9.19. The molecule has 2 heterocycles. The van der Waals surface area contributed by atoms with Crippen molar-refractivity contribution in [3.05, 3.63) is 114 Å². The monoisotopic (exact) mass is 738 g/mol. The van der Waals surface area contributed by atoms with Gasteiger partial charge in [0.15, 0.2) is 0 Å². The molecule has 0 aliphatic rings. The summed E-state index contributed by atoms with van der Waals surface area (Å²) in [6, 6.07) is 26.4. The number of carbonyl (C=O) groups is 2. The summed E-state index contributed by atoms with van der Waals surface area (Å²) in [6.45, 7) is 8.41. The van der Waals surface area contributed by atoms with Crippen molar-refractivity contribution < 1.29 is 23.8 Å². The standard InChI is InChI=1S/C42H42N8O5/c1-8-27-21-28(39(51)44-26(2)25-53-6)23-29(22-27)45-40-43-20-19-38(48-40)55-35-18-17-34(32-11-9-10-12-33(32)35)46-41(52)47-37-24-36(42(3,4)5)49-50(37)30-13-15-31(54-7)16-14-30/h1,9-24,26H,25H2,2-7H3,(H,44,51)(H,43,45,48)(H2,46,47,52). The Hall–Kier alpha value is -6.91. The number of carbonyl (C=O) groups excluding carboxylic acids is 2. The predicted molar refractivity (Wildman–Crippen MR) is 214 cm³/mol. The molecule has 0 radical (unpaired) electrons. The number of ether oxygens (including phenoxy) is 3. The Balaban J connectivity index is 1.20. The van der Waals surface area contributed by atoms with Crippen LogP contribution in [-0.2, 0) is 10.2 Å². The Kier molecular flexibility index (Phi) is 11.3. The van der Waals surface area contributed by atoms with Gasteiger partial charge in [0.1, 0.15) is 17.3 Å². The van der Waals surface area contributed by atoms with Crippen molar-refractivity contribution in [3.63, 3.8) is 0 Å². The van der Waals surface area contributed by atoms with Gasteiger partial charge in [0.25, 0.3) is 5.91 Å². The first-order chi connectivity index (χ1) is 26.4. The molecule has 4 N–H and O–H groups in total. The maximum absolute atomic E-state index is 13.5. The third-order valence-corrected chi connectivity index (χ3v) is 8.43. The number of hydrogen-bond donors (Lipinski definition) is 4. The molecule has 0 aliphatic heterocycles. The van der Waals surface area contributed by atoms with Crippen LogP contribution in [0.25, 0.3) is 16.5 Å². The topological polar surface area (TPSA) is 154 Å². The van der Waals surface area contributed by atoms with E-state index in [1.807, 2.05) is 61.5 Å². The molecule has 6 rings (SSSR count). The van der Waals surface area contributed by atoms with E-state index in [4.69, 9.17) is 25.7 Å². The van der Waals surface area contributed by atoms with Crippen molar-refractivity contribution in [2.45, 2.75) is 39.2 Å². The molecule has 0 fully saturated rings. The van der Waals surface area contributed by atoms with Gasteiger partial charge in [-0.3, -0.25) is 10.1 Å². The lowest BCUT2D eigenvalue weighted by molar-refractivity contribution is 0.0905. The average Bonchev–Trinajstić information content (AvgIpc) is 3.60.